The lowest BCUT2D eigenvalue weighted by atomic mass is 10.1. The van der Waals surface area contributed by atoms with Gasteiger partial charge in [0.25, 0.3) is 5.91 Å². The minimum Gasteiger partial charge on any atom is -0.385 e. The second-order valence-corrected chi connectivity index (χ2v) is 5.63. The maximum absolute atomic E-state index is 12.8. The van der Waals surface area contributed by atoms with Gasteiger partial charge in [0.2, 0.25) is 0 Å². The van der Waals surface area contributed by atoms with E-state index in [1.165, 1.54) is 0 Å². The van der Waals surface area contributed by atoms with E-state index in [-0.39, 0.29) is 5.91 Å². The molecule has 1 unspecified atom stereocenters. The van der Waals surface area contributed by atoms with Crippen molar-refractivity contribution in [1.82, 2.24) is 9.80 Å². The van der Waals surface area contributed by atoms with Gasteiger partial charge in [-0.2, -0.15) is 0 Å². The molecule has 0 saturated carbocycles. The number of rotatable bonds is 5. The van der Waals surface area contributed by atoms with Crippen LogP contribution in [0.5, 0.6) is 0 Å². The number of hydrogen-bond acceptors (Lipinski definition) is 3. The highest BCUT2D eigenvalue weighted by Gasteiger charge is 2.30. The Morgan fingerprint density at radius 2 is 2.15 bits per heavy atom. The number of anilines is 1. The lowest BCUT2D eigenvalue weighted by Crippen LogP contribution is -2.41. The quantitative estimate of drug-likeness (QED) is 0.895. The van der Waals surface area contributed by atoms with Crippen LogP contribution in [0.15, 0.2) is 24.3 Å². The first-order valence-electron chi connectivity index (χ1n) is 7.42. The second-order valence-electron chi connectivity index (χ2n) is 5.63. The van der Waals surface area contributed by atoms with Gasteiger partial charge in [-0.15, -0.1) is 0 Å². The van der Waals surface area contributed by atoms with Gasteiger partial charge in [0, 0.05) is 31.4 Å². The van der Waals surface area contributed by atoms with E-state index in [9.17, 15) is 4.79 Å². The molecule has 4 nitrogen and oxygen atoms in total. The molecule has 4 heteroatoms. The van der Waals surface area contributed by atoms with E-state index in [0.717, 1.165) is 43.7 Å². The molecule has 1 atom stereocenters. The van der Waals surface area contributed by atoms with Gasteiger partial charge in [0.15, 0.2) is 0 Å². The van der Waals surface area contributed by atoms with Crippen LogP contribution in [0.4, 0.5) is 5.69 Å². The molecule has 0 aromatic heterocycles. The van der Waals surface area contributed by atoms with Crippen LogP contribution >= 0.6 is 0 Å². The van der Waals surface area contributed by atoms with Crippen LogP contribution in [-0.2, 0) is 0 Å². The maximum atomic E-state index is 12.8. The van der Waals surface area contributed by atoms with Crippen molar-refractivity contribution < 1.29 is 4.79 Å². The van der Waals surface area contributed by atoms with E-state index in [1.807, 2.05) is 36.1 Å². The number of para-hydroxylation sites is 1. The Morgan fingerprint density at radius 1 is 1.40 bits per heavy atom. The van der Waals surface area contributed by atoms with E-state index in [0.29, 0.717) is 6.04 Å². The summed E-state index contributed by atoms with van der Waals surface area (Å²) < 4.78 is 0. The number of carbonyl (C=O) groups is 1. The molecule has 1 saturated heterocycles. The van der Waals surface area contributed by atoms with Crippen LogP contribution in [0, 0.1) is 0 Å². The molecule has 1 aromatic rings. The monoisotopic (exact) mass is 275 g/mol. The van der Waals surface area contributed by atoms with Crippen molar-refractivity contribution in [2.45, 2.75) is 25.8 Å². The molecule has 1 aliphatic rings. The van der Waals surface area contributed by atoms with Crippen molar-refractivity contribution in [2.24, 2.45) is 0 Å². The molecule has 2 rings (SSSR count). The average Bonchev–Trinajstić information content (AvgIpc) is 2.86. The van der Waals surface area contributed by atoms with E-state index in [1.54, 1.807) is 0 Å². The zero-order valence-electron chi connectivity index (χ0n) is 12.7. The lowest BCUT2D eigenvalue weighted by molar-refractivity contribution is 0.0717. The normalized spacial score (nSPS) is 18.6. The molecular weight excluding hydrogens is 250 g/mol. The number of hydrogen-bond donors (Lipinski definition) is 1. The van der Waals surface area contributed by atoms with Gasteiger partial charge in [0.1, 0.15) is 0 Å². The largest absolute Gasteiger partial charge is 0.385 e. The number of nitrogens with zero attached hydrogens (tertiary/aromatic N) is 2. The fraction of sp³-hybridized carbons (Fsp3) is 0.562. The van der Waals surface area contributed by atoms with Crippen LogP contribution < -0.4 is 5.32 Å². The molecule has 0 radical (unpaired) electrons. The second kappa shape index (κ2) is 6.75. The number of nitrogens with one attached hydrogen (secondary N) is 1. The average molecular weight is 275 g/mol. The van der Waals surface area contributed by atoms with E-state index < -0.39 is 0 Å². The maximum Gasteiger partial charge on any atom is 0.256 e. The summed E-state index contributed by atoms with van der Waals surface area (Å²) in [7, 11) is 4.13. The first-order chi connectivity index (χ1) is 9.63. The number of carbonyl (C=O) groups excluding carboxylic acids is 1. The Hall–Kier alpha value is -1.55. The Kier molecular flexibility index (Phi) is 5.01. The molecule has 1 heterocycles. The first kappa shape index (κ1) is 14.9. The summed E-state index contributed by atoms with van der Waals surface area (Å²) in [6.07, 6.45) is 2.21. The lowest BCUT2D eigenvalue weighted by Gasteiger charge is -2.28. The first-order valence-corrected chi connectivity index (χ1v) is 7.42. The molecular formula is C16H25N3O. The molecule has 1 aromatic carbocycles. The minimum atomic E-state index is 0.158. The Bertz CT molecular complexity index is 459. The van der Waals surface area contributed by atoms with Crippen LogP contribution in [0.25, 0.3) is 0 Å². The SMILES string of the molecule is CCNc1ccccc1C(=O)N1CCCC1CN(C)C. The molecule has 0 bridgehead atoms. The topological polar surface area (TPSA) is 35.6 Å². The number of benzene rings is 1. The number of amides is 1. The smallest absolute Gasteiger partial charge is 0.256 e. The summed E-state index contributed by atoms with van der Waals surface area (Å²) >= 11 is 0. The third kappa shape index (κ3) is 3.31. The predicted octanol–water partition coefficient (Wildman–Crippen LogP) is 2.28. The van der Waals surface area contributed by atoms with E-state index in [4.69, 9.17) is 0 Å². The van der Waals surface area contributed by atoms with Crippen LogP contribution in [0.1, 0.15) is 30.1 Å². The van der Waals surface area contributed by atoms with Gasteiger partial charge >= 0.3 is 0 Å². The number of likely N-dealkylation sites (N-methyl/N-ethyl adjacent to an activating group) is 1. The summed E-state index contributed by atoms with van der Waals surface area (Å²) in [5.74, 6) is 0.158. The minimum absolute atomic E-state index is 0.158. The summed E-state index contributed by atoms with van der Waals surface area (Å²) in [5, 5.41) is 3.28. The third-order valence-corrected chi connectivity index (χ3v) is 3.74. The summed E-state index contributed by atoms with van der Waals surface area (Å²) in [6.45, 7) is 4.68. The zero-order valence-corrected chi connectivity index (χ0v) is 12.7. The van der Waals surface area contributed by atoms with E-state index >= 15 is 0 Å². The molecule has 1 N–H and O–H groups in total. The highest BCUT2D eigenvalue weighted by molar-refractivity contribution is 5.99. The zero-order chi connectivity index (χ0) is 14.5. The van der Waals surface area contributed by atoms with Crippen molar-refractivity contribution in [3.8, 4) is 0 Å². The Labute approximate surface area is 121 Å². The fourth-order valence-electron chi connectivity index (χ4n) is 2.88. The Balaban J connectivity index is 2.18. The van der Waals surface area contributed by atoms with Gasteiger partial charge in [0.05, 0.1) is 5.56 Å². The van der Waals surface area contributed by atoms with Crippen LogP contribution in [0.3, 0.4) is 0 Å². The molecule has 0 spiro atoms. The summed E-state index contributed by atoms with van der Waals surface area (Å²) in [5.41, 5.74) is 1.73. The van der Waals surface area contributed by atoms with Crippen molar-refractivity contribution >= 4 is 11.6 Å². The highest BCUT2D eigenvalue weighted by Crippen LogP contribution is 2.24. The van der Waals surface area contributed by atoms with Gasteiger partial charge in [-0.25, -0.2) is 0 Å². The molecule has 110 valence electrons. The highest BCUT2D eigenvalue weighted by atomic mass is 16.2. The predicted molar refractivity (Wildman–Crippen MR) is 83.2 cm³/mol. The van der Waals surface area contributed by atoms with E-state index in [2.05, 4.69) is 24.3 Å². The molecule has 1 amide bonds. The summed E-state index contributed by atoms with van der Waals surface area (Å²) in [4.78, 5) is 17.0. The standard InChI is InChI=1S/C16H25N3O/c1-4-17-15-10-6-5-9-14(15)16(20)19-11-7-8-13(19)12-18(2)3/h5-6,9-10,13,17H,4,7-8,11-12H2,1-3H3. The summed E-state index contributed by atoms with van der Waals surface area (Å²) in [6, 6.07) is 8.15. The fourth-order valence-corrected chi connectivity index (χ4v) is 2.88. The molecule has 20 heavy (non-hydrogen) atoms. The van der Waals surface area contributed by atoms with Gasteiger partial charge < -0.3 is 15.1 Å². The van der Waals surface area contributed by atoms with Crippen molar-refractivity contribution in [2.75, 3.05) is 39.0 Å². The van der Waals surface area contributed by atoms with Gasteiger partial charge in [-0.05, 0) is 46.0 Å². The van der Waals surface area contributed by atoms with Crippen molar-refractivity contribution in [3.63, 3.8) is 0 Å². The molecule has 1 aliphatic heterocycles. The van der Waals surface area contributed by atoms with Crippen molar-refractivity contribution in [3.05, 3.63) is 29.8 Å². The third-order valence-electron chi connectivity index (χ3n) is 3.74. The molecule has 1 fully saturated rings. The van der Waals surface area contributed by atoms with Crippen LogP contribution in [-0.4, -0.2) is 55.5 Å². The van der Waals surface area contributed by atoms with Gasteiger partial charge in [-0.1, -0.05) is 12.1 Å². The van der Waals surface area contributed by atoms with Crippen LogP contribution in [0.2, 0.25) is 0 Å². The van der Waals surface area contributed by atoms with Gasteiger partial charge in [-0.3, -0.25) is 4.79 Å². The molecule has 0 aliphatic carbocycles. The Morgan fingerprint density at radius 3 is 2.85 bits per heavy atom. The van der Waals surface area contributed by atoms with Crippen molar-refractivity contribution in [1.29, 1.82) is 0 Å². The number of likely N-dealkylation sites (tertiary alicyclic amines) is 1.